The Balaban J connectivity index is 1.96. The summed E-state index contributed by atoms with van der Waals surface area (Å²) in [4.78, 5) is 13.1. The summed E-state index contributed by atoms with van der Waals surface area (Å²) in [5.74, 6) is -0.177. The van der Waals surface area contributed by atoms with E-state index >= 15 is 0 Å². The Labute approximate surface area is 163 Å². The summed E-state index contributed by atoms with van der Waals surface area (Å²) >= 11 is 3.36. The monoisotopic (exact) mass is 419 g/mol. The number of benzene rings is 3. The van der Waals surface area contributed by atoms with Gasteiger partial charge in [-0.3, -0.25) is 9.36 Å². The summed E-state index contributed by atoms with van der Waals surface area (Å²) in [6, 6.07) is 23.6. The van der Waals surface area contributed by atoms with Crippen molar-refractivity contribution in [3.63, 3.8) is 0 Å². The van der Waals surface area contributed by atoms with Gasteiger partial charge >= 0.3 is 0 Å². The van der Waals surface area contributed by atoms with Crippen molar-refractivity contribution < 1.29 is 5.11 Å². The molecule has 0 radical (unpaired) electrons. The molecule has 1 N–H and O–H groups in total. The van der Waals surface area contributed by atoms with Crippen molar-refractivity contribution in [2.45, 2.75) is 0 Å². The predicted molar refractivity (Wildman–Crippen MR) is 110 cm³/mol. The average molecular weight is 420 g/mol. The first-order chi connectivity index (χ1) is 13.1. The highest BCUT2D eigenvalue weighted by molar-refractivity contribution is 9.10. The van der Waals surface area contributed by atoms with E-state index in [0.29, 0.717) is 22.3 Å². The quantitative estimate of drug-likeness (QED) is 0.421. The minimum absolute atomic E-state index is 0.0968. The van der Waals surface area contributed by atoms with E-state index in [1.807, 2.05) is 48.5 Å². The maximum atomic E-state index is 13.1. The highest BCUT2D eigenvalue weighted by atomic mass is 79.9. The standard InChI is InChI=1S/C21H14BrN3O2/c22-14-10-12-15(13-11-14)23-24-19-20(26)17-8-4-5-9-18(17)25(21(19)27)16-6-2-1-3-7-16/h1-13,26H. The van der Waals surface area contributed by atoms with E-state index in [9.17, 15) is 9.90 Å². The minimum atomic E-state index is -0.432. The first-order valence-corrected chi connectivity index (χ1v) is 9.04. The van der Waals surface area contributed by atoms with Crippen molar-refractivity contribution >= 4 is 38.2 Å². The Hall–Kier alpha value is -3.25. The van der Waals surface area contributed by atoms with E-state index < -0.39 is 5.56 Å². The summed E-state index contributed by atoms with van der Waals surface area (Å²) in [6.45, 7) is 0. The van der Waals surface area contributed by atoms with Crippen molar-refractivity contribution in [1.29, 1.82) is 0 Å². The van der Waals surface area contributed by atoms with Crippen molar-refractivity contribution in [2.24, 2.45) is 10.2 Å². The zero-order chi connectivity index (χ0) is 18.8. The Morgan fingerprint density at radius 2 is 1.48 bits per heavy atom. The van der Waals surface area contributed by atoms with Crippen LogP contribution in [-0.4, -0.2) is 9.67 Å². The average Bonchev–Trinajstić information content (AvgIpc) is 2.70. The lowest BCUT2D eigenvalue weighted by atomic mass is 10.1. The van der Waals surface area contributed by atoms with Crippen molar-refractivity contribution in [2.75, 3.05) is 0 Å². The van der Waals surface area contributed by atoms with Crippen LogP contribution in [0.15, 0.2) is 98.4 Å². The number of hydrogen-bond acceptors (Lipinski definition) is 4. The van der Waals surface area contributed by atoms with Gasteiger partial charge in [0.2, 0.25) is 0 Å². The molecule has 6 heteroatoms. The second-order valence-electron chi connectivity index (χ2n) is 5.87. The van der Waals surface area contributed by atoms with Crippen molar-refractivity contribution in [3.8, 4) is 11.4 Å². The molecular weight excluding hydrogens is 406 g/mol. The Kier molecular flexibility index (Phi) is 4.56. The number of fused-ring (bicyclic) bond motifs is 1. The van der Waals surface area contributed by atoms with Crippen molar-refractivity contribution in [3.05, 3.63) is 93.7 Å². The van der Waals surface area contributed by atoms with Crippen LogP contribution in [0.25, 0.3) is 16.6 Å². The van der Waals surface area contributed by atoms with Crippen LogP contribution in [-0.2, 0) is 0 Å². The third-order valence-electron chi connectivity index (χ3n) is 4.14. The molecule has 0 saturated carbocycles. The first kappa shape index (κ1) is 17.2. The molecule has 0 bridgehead atoms. The molecule has 0 unspecified atom stereocenters. The fourth-order valence-corrected chi connectivity index (χ4v) is 3.12. The Bertz CT molecular complexity index is 1200. The molecule has 0 spiro atoms. The van der Waals surface area contributed by atoms with E-state index in [1.54, 1.807) is 30.3 Å². The van der Waals surface area contributed by atoms with Crippen LogP contribution in [0.3, 0.4) is 0 Å². The molecule has 0 saturated heterocycles. The van der Waals surface area contributed by atoms with Gasteiger partial charge < -0.3 is 5.11 Å². The molecule has 27 heavy (non-hydrogen) atoms. The largest absolute Gasteiger partial charge is 0.505 e. The SMILES string of the molecule is O=c1c(N=Nc2ccc(Br)cc2)c(O)c2ccccc2n1-c1ccccc1. The lowest BCUT2D eigenvalue weighted by Gasteiger charge is -2.12. The molecule has 0 atom stereocenters. The van der Waals surface area contributed by atoms with Crippen LogP contribution >= 0.6 is 15.9 Å². The van der Waals surface area contributed by atoms with Gasteiger partial charge in [0.15, 0.2) is 11.4 Å². The van der Waals surface area contributed by atoms with E-state index in [1.165, 1.54) is 4.57 Å². The molecule has 0 amide bonds. The number of rotatable bonds is 3. The minimum Gasteiger partial charge on any atom is -0.505 e. The van der Waals surface area contributed by atoms with Gasteiger partial charge in [-0.1, -0.05) is 46.3 Å². The fraction of sp³-hybridized carbons (Fsp3) is 0. The molecule has 4 rings (SSSR count). The molecule has 1 aromatic heterocycles. The van der Waals surface area contributed by atoms with Gasteiger partial charge in [-0.15, -0.1) is 5.11 Å². The number of aromatic nitrogens is 1. The molecule has 1 heterocycles. The van der Waals surface area contributed by atoms with Gasteiger partial charge in [0.05, 0.1) is 11.2 Å². The molecule has 4 aromatic rings. The second-order valence-corrected chi connectivity index (χ2v) is 6.78. The number of aromatic hydroxyl groups is 1. The molecule has 0 aliphatic carbocycles. The van der Waals surface area contributed by atoms with Crippen LogP contribution in [0.1, 0.15) is 0 Å². The van der Waals surface area contributed by atoms with Gasteiger partial charge in [-0.2, -0.15) is 5.11 Å². The molecule has 0 aliphatic heterocycles. The molecule has 3 aromatic carbocycles. The predicted octanol–water partition coefficient (Wildman–Crippen LogP) is 5.87. The lowest BCUT2D eigenvalue weighted by molar-refractivity contribution is 0.481. The maximum Gasteiger partial charge on any atom is 0.287 e. The van der Waals surface area contributed by atoms with E-state index in [0.717, 1.165) is 4.47 Å². The maximum absolute atomic E-state index is 13.1. The van der Waals surface area contributed by atoms with Crippen LogP contribution in [0.5, 0.6) is 5.75 Å². The smallest absolute Gasteiger partial charge is 0.287 e. The van der Waals surface area contributed by atoms with Gasteiger partial charge in [-0.25, -0.2) is 0 Å². The van der Waals surface area contributed by atoms with Crippen LogP contribution in [0.4, 0.5) is 11.4 Å². The highest BCUT2D eigenvalue weighted by Gasteiger charge is 2.17. The highest BCUT2D eigenvalue weighted by Crippen LogP contribution is 2.33. The molecular formula is C21H14BrN3O2. The summed E-state index contributed by atoms with van der Waals surface area (Å²) in [6.07, 6.45) is 0. The van der Waals surface area contributed by atoms with E-state index in [2.05, 4.69) is 26.2 Å². The number of azo groups is 1. The van der Waals surface area contributed by atoms with Gasteiger partial charge in [0, 0.05) is 15.5 Å². The number of nitrogens with zero attached hydrogens (tertiary/aromatic N) is 3. The van der Waals surface area contributed by atoms with E-state index in [-0.39, 0.29) is 11.4 Å². The van der Waals surface area contributed by atoms with Crippen LogP contribution in [0.2, 0.25) is 0 Å². The third-order valence-corrected chi connectivity index (χ3v) is 4.67. The number of para-hydroxylation sites is 2. The number of halogens is 1. The number of hydrogen-bond donors (Lipinski definition) is 1. The van der Waals surface area contributed by atoms with E-state index in [4.69, 9.17) is 0 Å². The van der Waals surface area contributed by atoms with Crippen LogP contribution in [0, 0.1) is 0 Å². The Morgan fingerprint density at radius 1 is 0.815 bits per heavy atom. The fourth-order valence-electron chi connectivity index (χ4n) is 2.85. The second kappa shape index (κ2) is 7.17. The van der Waals surface area contributed by atoms with Crippen molar-refractivity contribution in [1.82, 2.24) is 4.57 Å². The summed E-state index contributed by atoms with van der Waals surface area (Å²) in [7, 11) is 0. The Morgan fingerprint density at radius 3 is 2.22 bits per heavy atom. The zero-order valence-electron chi connectivity index (χ0n) is 14.1. The van der Waals surface area contributed by atoms with Crippen LogP contribution < -0.4 is 5.56 Å². The number of pyridine rings is 1. The molecule has 0 aliphatic rings. The van der Waals surface area contributed by atoms with Gasteiger partial charge in [-0.05, 0) is 48.5 Å². The molecule has 5 nitrogen and oxygen atoms in total. The molecule has 0 fully saturated rings. The first-order valence-electron chi connectivity index (χ1n) is 8.24. The summed E-state index contributed by atoms with van der Waals surface area (Å²) < 4.78 is 2.45. The molecule has 132 valence electrons. The topological polar surface area (TPSA) is 66.9 Å². The zero-order valence-corrected chi connectivity index (χ0v) is 15.7. The van der Waals surface area contributed by atoms with Gasteiger partial charge in [0.1, 0.15) is 0 Å². The normalized spacial score (nSPS) is 11.3. The summed E-state index contributed by atoms with van der Waals surface area (Å²) in [5, 5.41) is 19.4. The lowest BCUT2D eigenvalue weighted by Crippen LogP contribution is -2.18. The third kappa shape index (κ3) is 3.27. The van der Waals surface area contributed by atoms with Gasteiger partial charge in [0.25, 0.3) is 5.56 Å². The summed E-state index contributed by atoms with van der Waals surface area (Å²) in [5.41, 5.74) is 1.35.